The molecular weight excluding hydrogens is 392 g/mol. The Labute approximate surface area is 179 Å². The lowest BCUT2D eigenvalue weighted by atomic mass is 9.93. The first-order chi connectivity index (χ1) is 14.7. The van der Waals surface area contributed by atoms with Gasteiger partial charge in [-0.25, -0.2) is 4.98 Å². The molecule has 0 atom stereocenters. The summed E-state index contributed by atoms with van der Waals surface area (Å²) >= 11 is 1.55. The topological polar surface area (TPSA) is 51.2 Å². The zero-order chi connectivity index (χ0) is 20.5. The second-order valence-electron chi connectivity index (χ2n) is 7.18. The van der Waals surface area contributed by atoms with Gasteiger partial charge < -0.3 is 4.74 Å². The molecule has 4 aromatic rings. The standard InChI is InChI=1S/C25H20N2O2S/c1-29-18-13-11-17-12-14-22-23(21(17)15-18)26-25(30-22)27-24(28)20-10-6-5-9-19(20)16-7-3-2-4-8-16/h2-11,13,15H,12,14H2,1H3,(H,26,27,28). The third-order valence-electron chi connectivity index (χ3n) is 5.37. The number of fused-ring (bicyclic) bond motifs is 3. The van der Waals surface area contributed by atoms with E-state index in [0.29, 0.717) is 10.7 Å². The lowest BCUT2D eigenvalue weighted by Crippen LogP contribution is -2.13. The van der Waals surface area contributed by atoms with E-state index < -0.39 is 0 Å². The number of methoxy groups -OCH3 is 1. The third kappa shape index (κ3) is 3.37. The number of rotatable bonds is 4. The Morgan fingerprint density at radius 1 is 0.967 bits per heavy atom. The maximum atomic E-state index is 13.1. The molecule has 1 N–H and O–H groups in total. The van der Waals surface area contributed by atoms with Crippen LogP contribution in [0.2, 0.25) is 0 Å². The number of aryl methyl sites for hydroxylation is 2. The van der Waals surface area contributed by atoms with Gasteiger partial charge in [0.05, 0.1) is 12.8 Å². The van der Waals surface area contributed by atoms with Gasteiger partial charge in [0, 0.05) is 16.0 Å². The molecule has 5 rings (SSSR count). The highest BCUT2D eigenvalue weighted by Gasteiger charge is 2.23. The second kappa shape index (κ2) is 7.76. The van der Waals surface area contributed by atoms with Crippen molar-refractivity contribution in [1.29, 1.82) is 0 Å². The highest BCUT2D eigenvalue weighted by molar-refractivity contribution is 7.16. The molecule has 0 fully saturated rings. The molecule has 3 aromatic carbocycles. The predicted octanol–water partition coefficient (Wildman–Crippen LogP) is 5.84. The van der Waals surface area contributed by atoms with Crippen molar-refractivity contribution in [1.82, 2.24) is 4.98 Å². The SMILES string of the molecule is COc1ccc2c(c1)-c1nc(NC(=O)c3ccccc3-c3ccccc3)sc1CC2. The summed E-state index contributed by atoms with van der Waals surface area (Å²) in [5.41, 5.74) is 5.87. The van der Waals surface area contributed by atoms with Gasteiger partial charge in [0.15, 0.2) is 5.13 Å². The Morgan fingerprint density at radius 2 is 1.77 bits per heavy atom. The normalized spacial score (nSPS) is 12.0. The minimum atomic E-state index is -0.147. The van der Waals surface area contributed by atoms with Crippen LogP contribution in [0.1, 0.15) is 20.8 Å². The largest absolute Gasteiger partial charge is 0.497 e. The molecule has 0 unspecified atom stereocenters. The van der Waals surface area contributed by atoms with Crippen LogP contribution in [0.4, 0.5) is 5.13 Å². The maximum absolute atomic E-state index is 13.1. The molecule has 0 saturated heterocycles. The van der Waals surface area contributed by atoms with Crippen LogP contribution in [0.3, 0.4) is 0 Å². The number of hydrogen-bond acceptors (Lipinski definition) is 4. The summed E-state index contributed by atoms with van der Waals surface area (Å²) in [6.45, 7) is 0. The van der Waals surface area contributed by atoms with Crippen molar-refractivity contribution in [3.63, 3.8) is 0 Å². The minimum Gasteiger partial charge on any atom is -0.497 e. The van der Waals surface area contributed by atoms with Crippen molar-refractivity contribution >= 4 is 22.4 Å². The Kier molecular flexibility index (Phi) is 4.81. The number of nitrogens with one attached hydrogen (secondary N) is 1. The minimum absolute atomic E-state index is 0.147. The van der Waals surface area contributed by atoms with E-state index in [1.807, 2.05) is 66.7 Å². The van der Waals surface area contributed by atoms with Gasteiger partial charge in [0.1, 0.15) is 5.75 Å². The highest BCUT2D eigenvalue weighted by Crippen LogP contribution is 2.39. The van der Waals surface area contributed by atoms with Gasteiger partial charge >= 0.3 is 0 Å². The van der Waals surface area contributed by atoms with Crippen LogP contribution in [0.15, 0.2) is 72.8 Å². The first-order valence-electron chi connectivity index (χ1n) is 9.86. The van der Waals surface area contributed by atoms with E-state index in [2.05, 4.69) is 11.4 Å². The van der Waals surface area contributed by atoms with Crippen molar-refractivity contribution in [2.24, 2.45) is 0 Å². The molecule has 0 bridgehead atoms. The van der Waals surface area contributed by atoms with Crippen LogP contribution in [-0.2, 0) is 12.8 Å². The average molecular weight is 413 g/mol. The molecule has 30 heavy (non-hydrogen) atoms. The number of nitrogens with zero attached hydrogens (tertiary/aromatic N) is 1. The van der Waals surface area contributed by atoms with Gasteiger partial charge in [-0.3, -0.25) is 10.1 Å². The molecule has 4 nitrogen and oxygen atoms in total. The van der Waals surface area contributed by atoms with Crippen LogP contribution in [0, 0.1) is 0 Å². The van der Waals surface area contributed by atoms with E-state index in [4.69, 9.17) is 9.72 Å². The summed E-state index contributed by atoms with van der Waals surface area (Å²) in [5.74, 6) is 0.670. The Hall–Kier alpha value is -3.44. The zero-order valence-electron chi connectivity index (χ0n) is 16.5. The smallest absolute Gasteiger partial charge is 0.258 e. The summed E-state index contributed by atoms with van der Waals surface area (Å²) in [6.07, 6.45) is 1.90. The van der Waals surface area contributed by atoms with E-state index >= 15 is 0 Å². The van der Waals surface area contributed by atoms with Crippen molar-refractivity contribution in [3.05, 3.63) is 88.8 Å². The molecular formula is C25H20N2O2S. The van der Waals surface area contributed by atoms with E-state index in [-0.39, 0.29) is 5.91 Å². The quantitative estimate of drug-likeness (QED) is 0.458. The van der Waals surface area contributed by atoms with Crippen molar-refractivity contribution in [3.8, 4) is 28.1 Å². The maximum Gasteiger partial charge on any atom is 0.258 e. The van der Waals surface area contributed by atoms with Gasteiger partial charge in [-0.05, 0) is 47.7 Å². The lowest BCUT2D eigenvalue weighted by molar-refractivity contribution is 0.102. The van der Waals surface area contributed by atoms with Gasteiger partial charge in [-0.2, -0.15) is 0 Å². The molecule has 1 heterocycles. The number of thiazole rings is 1. The van der Waals surface area contributed by atoms with Gasteiger partial charge in [-0.15, -0.1) is 11.3 Å². The summed E-state index contributed by atoms with van der Waals surface area (Å²) in [7, 11) is 1.67. The number of carbonyl (C=O) groups is 1. The predicted molar refractivity (Wildman–Crippen MR) is 121 cm³/mol. The van der Waals surface area contributed by atoms with Crippen molar-refractivity contribution in [2.75, 3.05) is 12.4 Å². The third-order valence-corrected chi connectivity index (χ3v) is 6.40. The summed E-state index contributed by atoms with van der Waals surface area (Å²) in [6, 6.07) is 23.7. The number of carbonyl (C=O) groups excluding carboxylic acids is 1. The highest BCUT2D eigenvalue weighted by atomic mass is 32.1. The zero-order valence-corrected chi connectivity index (χ0v) is 17.3. The first-order valence-corrected chi connectivity index (χ1v) is 10.7. The van der Waals surface area contributed by atoms with Crippen LogP contribution >= 0.6 is 11.3 Å². The van der Waals surface area contributed by atoms with Gasteiger partial charge in [0.25, 0.3) is 5.91 Å². The molecule has 1 amide bonds. The number of ether oxygens (including phenoxy) is 1. The monoisotopic (exact) mass is 412 g/mol. The summed E-state index contributed by atoms with van der Waals surface area (Å²) in [4.78, 5) is 19.1. The number of amides is 1. The molecule has 1 aromatic heterocycles. The number of benzene rings is 3. The fourth-order valence-corrected chi connectivity index (χ4v) is 4.84. The average Bonchev–Trinajstić information content (AvgIpc) is 3.22. The Morgan fingerprint density at radius 3 is 2.60 bits per heavy atom. The fourth-order valence-electron chi connectivity index (χ4n) is 3.87. The molecule has 1 aliphatic rings. The van der Waals surface area contributed by atoms with Crippen LogP contribution < -0.4 is 10.1 Å². The molecule has 0 aliphatic heterocycles. The number of aromatic nitrogens is 1. The van der Waals surface area contributed by atoms with Crippen molar-refractivity contribution in [2.45, 2.75) is 12.8 Å². The first kappa shape index (κ1) is 18.6. The Balaban J connectivity index is 1.46. The lowest BCUT2D eigenvalue weighted by Gasteiger charge is -2.15. The second-order valence-corrected chi connectivity index (χ2v) is 8.26. The van der Waals surface area contributed by atoms with Gasteiger partial charge in [0.2, 0.25) is 0 Å². The molecule has 0 saturated carbocycles. The van der Waals surface area contributed by atoms with E-state index in [1.54, 1.807) is 18.4 Å². The number of anilines is 1. The van der Waals surface area contributed by atoms with Crippen molar-refractivity contribution < 1.29 is 9.53 Å². The van der Waals surface area contributed by atoms with E-state index in [1.165, 1.54) is 10.4 Å². The van der Waals surface area contributed by atoms with Crippen LogP contribution in [0.25, 0.3) is 22.4 Å². The molecule has 1 aliphatic carbocycles. The van der Waals surface area contributed by atoms with Gasteiger partial charge in [-0.1, -0.05) is 54.6 Å². The molecule has 5 heteroatoms. The van der Waals surface area contributed by atoms with E-state index in [9.17, 15) is 4.79 Å². The fraction of sp³-hybridized carbons (Fsp3) is 0.120. The summed E-state index contributed by atoms with van der Waals surface area (Å²) in [5, 5.41) is 3.65. The Bertz CT molecular complexity index is 1230. The molecule has 0 radical (unpaired) electrons. The molecule has 148 valence electrons. The molecule has 0 spiro atoms. The summed E-state index contributed by atoms with van der Waals surface area (Å²) < 4.78 is 5.39. The van der Waals surface area contributed by atoms with Crippen LogP contribution in [-0.4, -0.2) is 18.0 Å². The van der Waals surface area contributed by atoms with Crippen LogP contribution in [0.5, 0.6) is 5.75 Å². The number of hydrogen-bond donors (Lipinski definition) is 1. The van der Waals surface area contributed by atoms with E-state index in [0.717, 1.165) is 41.0 Å².